The van der Waals surface area contributed by atoms with Gasteiger partial charge in [0.2, 0.25) is 0 Å². The maximum Gasteiger partial charge on any atom is 0.0701 e. The van der Waals surface area contributed by atoms with Gasteiger partial charge in [0.25, 0.3) is 0 Å². The van der Waals surface area contributed by atoms with Gasteiger partial charge in [-0.05, 0) is 25.8 Å². The molecule has 4 heteroatoms. The largest absolute Gasteiger partial charge is 0.382 e. The van der Waals surface area contributed by atoms with Crippen molar-refractivity contribution in [2.24, 2.45) is 0 Å². The van der Waals surface area contributed by atoms with Crippen LogP contribution in [-0.4, -0.2) is 52.7 Å². The Morgan fingerprint density at radius 2 is 1.56 bits per heavy atom. The molecule has 1 rings (SSSR count). The normalized spacial score (nSPS) is 17.2. The second-order valence-corrected chi connectivity index (χ2v) is 4.86. The van der Waals surface area contributed by atoms with Gasteiger partial charge < -0.3 is 19.5 Å². The maximum absolute atomic E-state index is 5.50. The van der Waals surface area contributed by atoms with Gasteiger partial charge in [0.05, 0.1) is 26.4 Å². The van der Waals surface area contributed by atoms with Crippen molar-refractivity contribution in [3.63, 3.8) is 0 Å². The molecule has 0 radical (unpaired) electrons. The van der Waals surface area contributed by atoms with E-state index in [1.807, 2.05) is 0 Å². The summed E-state index contributed by atoms with van der Waals surface area (Å²) in [4.78, 5) is 0. The molecule has 1 N–H and O–H groups in total. The maximum atomic E-state index is 5.50. The van der Waals surface area contributed by atoms with E-state index in [9.17, 15) is 0 Å². The van der Waals surface area contributed by atoms with Gasteiger partial charge in [-0.15, -0.1) is 0 Å². The minimum atomic E-state index is 0.656. The predicted octanol–water partition coefficient (Wildman–Crippen LogP) is 1.98. The van der Waals surface area contributed by atoms with Gasteiger partial charge in [-0.25, -0.2) is 0 Å². The van der Waals surface area contributed by atoms with Crippen LogP contribution < -0.4 is 5.32 Å². The molecule has 0 aromatic carbocycles. The van der Waals surface area contributed by atoms with Crippen molar-refractivity contribution < 1.29 is 14.2 Å². The predicted molar refractivity (Wildman–Crippen MR) is 73.0 cm³/mol. The van der Waals surface area contributed by atoms with Crippen LogP contribution in [-0.2, 0) is 14.2 Å². The summed E-state index contributed by atoms with van der Waals surface area (Å²) in [6, 6.07) is 0.760. The molecule has 0 aromatic rings. The molecule has 0 heterocycles. The van der Waals surface area contributed by atoms with Gasteiger partial charge in [-0.1, -0.05) is 19.3 Å². The van der Waals surface area contributed by atoms with Crippen molar-refractivity contribution in [1.29, 1.82) is 0 Å². The van der Waals surface area contributed by atoms with Crippen LogP contribution in [0.3, 0.4) is 0 Å². The third-order valence-electron chi connectivity index (χ3n) is 3.31. The van der Waals surface area contributed by atoms with Crippen LogP contribution in [0.15, 0.2) is 0 Å². The molecule has 0 aliphatic heterocycles. The summed E-state index contributed by atoms with van der Waals surface area (Å²) in [5.41, 5.74) is 0. The third-order valence-corrected chi connectivity index (χ3v) is 3.31. The van der Waals surface area contributed by atoms with Crippen molar-refractivity contribution in [3.05, 3.63) is 0 Å². The van der Waals surface area contributed by atoms with Crippen LogP contribution in [0, 0.1) is 0 Å². The van der Waals surface area contributed by atoms with E-state index in [2.05, 4.69) is 5.32 Å². The number of methoxy groups -OCH3 is 1. The Morgan fingerprint density at radius 1 is 0.889 bits per heavy atom. The Bertz CT molecular complexity index is 172. The molecule has 0 aromatic heterocycles. The molecule has 1 saturated carbocycles. The Kier molecular flexibility index (Phi) is 10.5. The minimum Gasteiger partial charge on any atom is -0.382 e. The summed E-state index contributed by atoms with van der Waals surface area (Å²) in [5.74, 6) is 0. The van der Waals surface area contributed by atoms with Crippen LogP contribution in [0.5, 0.6) is 0 Å². The van der Waals surface area contributed by atoms with Crippen LogP contribution in [0.25, 0.3) is 0 Å². The SMILES string of the molecule is COCCOCCOCCCNC1CCCCC1. The van der Waals surface area contributed by atoms with Crippen molar-refractivity contribution in [1.82, 2.24) is 5.32 Å². The molecule has 0 atom stereocenters. The molecule has 0 spiro atoms. The van der Waals surface area contributed by atoms with Crippen LogP contribution >= 0.6 is 0 Å². The zero-order valence-corrected chi connectivity index (χ0v) is 11.8. The van der Waals surface area contributed by atoms with Crippen LogP contribution in [0.1, 0.15) is 38.5 Å². The number of nitrogens with one attached hydrogen (secondary N) is 1. The van der Waals surface area contributed by atoms with E-state index in [1.165, 1.54) is 32.1 Å². The summed E-state index contributed by atoms with van der Waals surface area (Å²) in [5, 5.41) is 3.61. The first-order valence-electron chi connectivity index (χ1n) is 7.31. The zero-order chi connectivity index (χ0) is 12.9. The van der Waals surface area contributed by atoms with Crippen LogP contribution in [0.2, 0.25) is 0 Å². The second kappa shape index (κ2) is 11.9. The summed E-state index contributed by atoms with van der Waals surface area (Å²) in [6.07, 6.45) is 8.02. The summed E-state index contributed by atoms with van der Waals surface area (Å²) in [6.45, 7) is 4.57. The molecule has 1 aliphatic rings. The second-order valence-electron chi connectivity index (χ2n) is 4.86. The van der Waals surface area contributed by atoms with E-state index in [4.69, 9.17) is 14.2 Å². The van der Waals surface area contributed by atoms with E-state index in [0.717, 1.165) is 25.6 Å². The van der Waals surface area contributed by atoms with Gasteiger partial charge in [-0.2, -0.15) is 0 Å². The first-order chi connectivity index (χ1) is 8.93. The molecule has 1 fully saturated rings. The lowest BCUT2D eigenvalue weighted by atomic mass is 9.95. The van der Waals surface area contributed by atoms with E-state index in [0.29, 0.717) is 26.4 Å². The Hall–Kier alpha value is -0.160. The Labute approximate surface area is 111 Å². The number of hydrogen-bond donors (Lipinski definition) is 1. The van der Waals surface area contributed by atoms with Gasteiger partial charge in [-0.3, -0.25) is 0 Å². The molecule has 0 bridgehead atoms. The lowest BCUT2D eigenvalue weighted by molar-refractivity contribution is 0.0242. The van der Waals surface area contributed by atoms with E-state index in [1.54, 1.807) is 7.11 Å². The molecule has 0 saturated heterocycles. The fourth-order valence-corrected chi connectivity index (χ4v) is 2.25. The summed E-state index contributed by atoms with van der Waals surface area (Å²) >= 11 is 0. The smallest absolute Gasteiger partial charge is 0.0701 e. The highest BCUT2D eigenvalue weighted by molar-refractivity contribution is 4.71. The molecule has 108 valence electrons. The highest BCUT2D eigenvalue weighted by Gasteiger charge is 2.11. The van der Waals surface area contributed by atoms with Crippen molar-refractivity contribution in [3.8, 4) is 0 Å². The van der Waals surface area contributed by atoms with Gasteiger partial charge in [0.15, 0.2) is 0 Å². The molecule has 4 nitrogen and oxygen atoms in total. The lowest BCUT2D eigenvalue weighted by Gasteiger charge is -2.22. The summed E-state index contributed by atoms with van der Waals surface area (Å²) in [7, 11) is 1.68. The standard InChI is InChI=1S/C14H29NO3/c1-16-10-11-18-13-12-17-9-5-8-15-14-6-3-2-4-7-14/h14-15H,2-13H2,1H3. The highest BCUT2D eigenvalue weighted by atomic mass is 16.5. The average molecular weight is 259 g/mol. The average Bonchev–Trinajstić information content (AvgIpc) is 2.42. The molecule has 1 aliphatic carbocycles. The molecular formula is C14H29NO3. The van der Waals surface area contributed by atoms with Gasteiger partial charge in [0.1, 0.15) is 0 Å². The molecular weight excluding hydrogens is 230 g/mol. The number of ether oxygens (including phenoxy) is 3. The fraction of sp³-hybridized carbons (Fsp3) is 1.00. The molecule has 0 unspecified atom stereocenters. The Morgan fingerprint density at radius 3 is 2.28 bits per heavy atom. The first-order valence-corrected chi connectivity index (χ1v) is 7.31. The summed E-state index contributed by atoms with van der Waals surface area (Å²) < 4.78 is 15.7. The number of rotatable bonds is 11. The van der Waals surface area contributed by atoms with Gasteiger partial charge in [0, 0.05) is 19.8 Å². The van der Waals surface area contributed by atoms with Crippen molar-refractivity contribution in [2.75, 3.05) is 46.7 Å². The number of hydrogen-bond acceptors (Lipinski definition) is 4. The molecule has 0 amide bonds. The lowest BCUT2D eigenvalue weighted by Crippen LogP contribution is -2.32. The Balaban J connectivity index is 1.73. The van der Waals surface area contributed by atoms with E-state index < -0.39 is 0 Å². The van der Waals surface area contributed by atoms with E-state index in [-0.39, 0.29) is 0 Å². The minimum absolute atomic E-state index is 0.656. The highest BCUT2D eigenvalue weighted by Crippen LogP contribution is 2.17. The van der Waals surface area contributed by atoms with Crippen molar-refractivity contribution in [2.45, 2.75) is 44.6 Å². The monoisotopic (exact) mass is 259 g/mol. The molecule has 18 heavy (non-hydrogen) atoms. The van der Waals surface area contributed by atoms with Crippen LogP contribution in [0.4, 0.5) is 0 Å². The fourth-order valence-electron chi connectivity index (χ4n) is 2.25. The van der Waals surface area contributed by atoms with E-state index >= 15 is 0 Å². The first kappa shape index (κ1) is 15.9. The zero-order valence-electron chi connectivity index (χ0n) is 11.8. The quantitative estimate of drug-likeness (QED) is 0.576. The third kappa shape index (κ3) is 8.86. The van der Waals surface area contributed by atoms with Gasteiger partial charge >= 0.3 is 0 Å². The van der Waals surface area contributed by atoms with Crippen molar-refractivity contribution >= 4 is 0 Å². The topological polar surface area (TPSA) is 39.7 Å².